The molecule has 0 spiro atoms. The molecule has 5 rings (SSSR count). The fourth-order valence-electron chi connectivity index (χ4n) is 4.20. The first kappa shape index (κ1) is 15.4. The lowest BCUT2D eigenvalue weighted by Gasteiger charge is -2.28. The van der Waals surface area contributed by atoms with Crippen LogP contribution in [0.1, 0.15) is 40.9 Å². The molecule has 1 saturated heterocycles. The molecule has 2 N–H and O–H groups in total. The molecular formula is C20H20N4O2. The number of nitrogens with zero attached hydrogens (tertiary/aromatic N) is 3. The molecule has 2 aliphatic rings. The Morgan fingerprint density at radius 2 is 2.19 bits per heavy atom. The summed E-state index contributed by atoms with van der Waals surface area (Å²) in [7, 11) is 0. The van der Waals surface area contributed by atoms with Crippen LogP contribution >= 0.6 is 0 Å². The largest absolute Gasteiger partial charge is 0.472 e. The summed E-state index contributed by atoms with van der Waals surface area (Å²) in [6, 6.07) is 7.84. The predicted molar refractivity (Wildman–Crippen MR) is 99.2 cm³/mol. The van der Waals surface area contributed by atoms with Gasteiger partial charge in [0.05, 0.1) is 23.0 Å². The summed E-state index contributed by atoms with van der Waals surface area (Å²) in [5.41, 5.74) is 4.13. The third kappa shape index (κ3) is 2.37. The molecule has 3 aromatic rings. The van der Waals surface area contributed by atoms with E-state index in [9.17, 15) is 4.79 Å². The molecule has 1 atom stereocenters. The van der Waals surface area contributed by atoms with Crippen molar-refractivity contribution in [3.8, 4) is 0 Å². The van der Waals surface area contributed by atoms with Crippen molar-refractivity contribution in [3.63, 3.8) is 0 Å². The fourth-order valence-corrected chi connectivity index (χ4v) is 4.20. The first-order valence-corrected chi connectivity index (χ1v) is 8.99. The van der Waals surface area contributed by atoms with Crippen molar-refractivity contribution >= 4 is 22.3 Å². The van der Waals surface area contributed by atoms with E-state index in [1.165, 1.54) is 42.3 Å². The molecule has 26 heavy (non-hydrogen) atoms. The molecule has 4 heterocycles. The van der Waals surface area contributed by atoms with Crippen LogP contribution in [0.3, 0.4) is 0 Å². The highest BCUT2D eigenvalue weighted by atomic mass is 16.3. The van der Waals surface area contributed by atoms with Gasteiger partial charge >= 0.3 is 0 Å². The lowest BCUT2D eigenvalue weighted by atomic mass is 9.95. The van der Waals surface area contributed by atoms with E-state index >= 15 is 0 Å². The van der Waals surface area contributed by atoms with Gasteiger partial charge in [-0.05, 0) is 55.6 Å². The van der Waals surface area contributed by atoms with Crippen LogP contribution in [0.5, 0.6) is 0 Å². The maximum Gasteiger partial charge on any atom is 0.196 e. The zero-order valence-corrected chi connectivity index (χ0v) is 14.4. The predicted octanol–water partition coefficient (Wildman–Crippen LogP) is 2.83. The molecule has 0 aliphatic carbocycles. The summed E-state index contributed by atoms with van der Waals surface area (Å²) in [4.78, 5) is 16.6. The Balaban J connectivity index is 1.57. The number of rotatable bonds is 3. The van der Waals surface area contributed by atoms with Crippen molar-refractivity contribution in [1.82, 2.24) is 14.8 Å². The molecule has 0 bridgehead atoms. The molecule has 132 valence electrons. The van der Waals surface area contributed by atoms with E-state index in [1.807, 2.05) is 12.1 Å². The average Bonchev–Trinajstić information content (AvgIpc) is 3.40. The topological polar surface area (TPSA) is 77.3 Å². The van der Waals surface area contributed by atoms with Gasteiger partial charge in [0.2, 0.25) is 0 Å². The quantitative estimate of drug-likeness (QED) is 0.582. The zero-order valence-electron chi connectivity index (χ0n) is 14.4. The minimum atomic E-state index is -0.0593. The third-order valence-corrected chi connectivity index (χ3v) is 5.58. The Morgan fingerprint density at radius 3 is 3.04 bits per heavy atom. The van der Waals surface area contributed by atoms with E-state index in [4.69, 9.17) is 10.3 Å². The Hall–Kier alpha value is -2.86. The molecule has 0 amide bonds. The standard InChI is InChI=1S/C20H20N4O2/c21-24-18-4-3-14(20(25)15-6-9-26-12-15)11-17(18)19(22-24)13-5-8-23-7-1-2-16(23)10-13/h3-6,9,11-12,16H,1-2,7-8,10,21H2. The smallest absolute Gasteiger partial charge is 0.196 e. The number of hydrogen-bond acceptors (Lipinski definition) is 5. The van der Waals surface area contributed by atoms with Gasteiger partial charge < -0.3 is 10.3 Å². The second-order valence-corrected chi connectivity index (χ2v) is 7.09. The highest BCUT2D eigenvalue weighted by Crippen LogP contribution is 2.34. The van der Waals surface area contributed by atoms with E-state index in [1.54, 1.807) is 12.1 Å². The number of benzene rings is 1. The number of carbonyl (C=O) groups excluding carboxylic acids is 1. The molecule has 6 heteroatoms. The highest BCUT2D eigenvalue weighted by molar-refractivity contribution is 6.10. The molecule has 6 nitrogen and oxygen atoms in total. The maximum absolute atomic E-state index is 12.7. The van der Waals surface area contributed by atoms with Crippen LogP contribution in [0.15, 0.2) is 47.3 Å². The molecule has 0 radical (unpaired) electrons. The van der Waals surface area contributed by atoms with Crippen molar-refractivity contribution in [3.05, 3.63) is 59.7 Å². The number of furan rings is 1. The van der Waals surface area contributed by atoms with Gasteiger partial charge in [-0.25, -0.2) is 0 Å². The number of nitrogens with two attached hydrogens (primary N) is 1. The summed E-state index contributed by atoms with van der Waals surface area (Å²) in [6.07, 6.45) is 8.73. The van der Waals surface area contributed by atoms with Crippen LogP contribution < -0.4 is 5.84 Å². The van der Waals surface area contributed by atoms with E-state index in [-0.39, 0.29) is 5.78 Å². The molecule has 1 fully saturated rings. The summed E-state index contributed by atoms with van der Waals surface area (Å²) < 4.78 is 5.04. The van der Waals surface area contributed by atoms with Crippen LogP contribution in [0.4, 0.5) is 0 Å². The van der Waals surface area contributed by atoms with Crippen LogP contribution in [0.25, 0.3) is 16.5 Å². The van der Waals surface area contributed by atoms with Gasteiger partial charge in [-0.15, -0.1) is 0 Å². The van der Waals surface area contributed by atoms with Crippen molar-refractivity contribution in [1.29, 1.82) is 0 Å². The lowest BCUT2D eigenvalue weighted by Crippen LogP contribution is -2.32. The number of ketones is 1. The third-order valence-electron chi connectivity index (χ3n) is 5.58. The van der Waals surface area contributed by atoms with E-state index in [2.05, 4.69) is 16.1 Å². The Bertz CT molecular complexity index is 1020. The number of aromatic nitrogens is 2. The van der Waals surface area contributed by atoms with Gasteiger partial charge in [-0.1, -0.05) is 6.08 Å². The highest BCUT2D eigenvalue weighted by Gasteiger charge is 2.29. The van der Waals surface area contributed by atoms with Gasteiger partial charge in [0.25, 0.3) is 0 Å². The van der Waals surface area contributed by atoms with E-state index in [0.717, 1.165) is 29.6 Å². The SMILES string of the molecule is Nn1nc(C2=CCN3CCCC3C2)c2cc(C(=O)c3ccoc3)ccc21. The van der Waals surface area contributed by atoms with Crippen LogP contribution in [-0.4, -0.2) is 39.7 Å². The minimum absolute atomic E-state index is 0.0593. The van der Waals surface area contributed by atoms with Gasteiger partial charge in [-0.3, -0.25) is 9.69 Å². The molecule has 1 aromatic carbocycles. The monoisotopic (exact) mass is 348 g/mol. The molecular weight excluding hydrogens is 328 g/mol. The fraction of sp³-hybridized carbons (Fsp3) is 0.300. The normalized spacial score (nSPS) is 20.3. The summed E-state index contributed by atoms with van der Waals surface area (Å²) in [5.74, 6) is 6.02. The maximum atomic E-state index is 12.7. The lowest BCUT2D eigenvalue weighted by molar-refractivity contribution is 0.103. The summed E-state index contributed by atoms with van der Waals surface area (Å²) >= 11 is 0. The Kier molecular flexibility index (Phi) is 3.46. The summed E-state index contributed by atoms with van der Waals surface area (Å²) in [6.45, 7) is 2.15. The van der Waals surface area contributed by atoms with Gasteiger partial charge in [0, 0.05) is 23.5 Å². The van der Waals surface area contributed by atoms with Crippen molar-refractivity contribution in [2.45, 2.75) is 25.3 Å². The number of nitrogen functional groups attached to an aromatic ring is 1. The van der Waals surface area contributed by atoms with Crippen molar-refractivity contribution in [2.75, 3.05) is 18.9 Å². The average molecular weight is 348 g/mol. The molecule has 2 aliphatic heterocycles. The van der Waals surface area contributed by atoms with Crippen molar-refractivity contribution in [2.24, 2.45) is 0 Å². The minimum Gasteiger partial charge on any atom is -0.472 e. The van der Waals surface area contributed by atoms with Gasteiger partial charge in [-0.2, -0.15) is 9.89 Å². The molecule has 1 unspecified atom stereocenters. The first-order chi connectivity index (χ1) is 12.7. The van der Waals surface area contributed by atoms with Gasteiger partial charge in [0.15, 0.2) is 5.78 Å². The Morgan fingerprint density at radius 1 is 1.27 bits per heavy atom. The zero-order chi connectivity index (χ0) is 17.7. The van der Waals surface area contributed by atoms with Gasteiger partial charge in [0.1, 0.15) is 6.26 Å². The van der Waals surface area contributed by atoms with Crippen molar-refractivity contribution < 1.29 is 9.21 Å². The summed E-state index contributed by atoms with van der Waals surface area (Å²) in [5, 5.41) is 5.50. The first-order valence-electron chi connectivity index (χ1n) is 8.99. The van der Waals surface area contributed by atoms with Crippen LogP contribution in [0, 0.1) is 0 Å². The second-order valence-electron chi connectivity index (χ2n) is 7.09. The number of fused-ring (bicyclic) bond motifs is 2. The Labute approximate surface area is 150 Å². The number of carbonyl (C=O) groups is 1. The van der Waals surface area contributed by atoms with E-state index in [0.29, 0.717) is 17.2 Å². The second kappa shape index (κ2) is 5.85. The molecule has 0 saturated carbocycles. The van der Waals surface area contributed by atoms with Crippen LogP contribution in [-0.2, 0) is 0 Å². The van der Waals surface area contributed by atoms with E-state index < -0.39 is 0 Å². The molecule has 2 aromatic heterocycles. The number of hydrogen-bond donors (Lipinski definition) is 1. The van der Waals surface area contributed by atoms with Crippen LogP contribution in [0.2, 0.25) is 0 Å².